The molecule has 1 aromatic rings. The van der Waals surface area contributed by atoms with Crippen molar-refractivity contribution in [2.24, 2.45) is 13.0 Å². The molecule has 0 bridgehead atoms. The number of aromatic nitrogens is 2. The van der Waals surface area contributed by atoms with Crippen LogP contribution in [0.25, 0.3) is 0 Å². The van der Waals surface area contributed by atoms with Gasteiger partial charge in [0.25, 0.3) is 0 Å². The van der Waals surface area contributed by atoms with Gasteiger partial charge in [-0.1, -0.05) is 13.8 Å². The summed E-state index contributed by atoms with van der Waals surface area (Å²) in [5, 5.41) is 9.47. The fraction of sp³-hybridized carbons (Fsp3) is 0.769. The number of hydrogen-bond acceptors (Lipinski definition) is 3. The van der Waals surface area contributed by atoms with Crippen LogP contribution < -0.4 is 5.32 Å². The Bertz CT molecular complexity index is 354. The molecule has 0 saturated heterocycles. The molecule has 17 heavy (non-hydrogen) atoms. The molecule has 0 radical (unpaired) electrons. The minimum absolute atomic E-state index is 0.722. The average molecular weight is 253 g/mol. The molecule has 1 fully saturated rings. The van der Waals surface area contributed by atoms with Crippen molar-refractivity contribution in [2.45, 2.75) is 51.2 Å². The van der Waals surface area contributed by atoms with E-state index in [9.17, 15) is 0 Å². The number of aryl methyl sites for hydroxylation is 2. The second kappa shape index (κ2) is 5.44. The van der Waals surface area contributed by atoms with Gasteiger partial charge in [0.2, 0.25) is 0 Å². The molecule has 1 aliphatic carbocycles. The van der Waals surface area contributed by atoms with E-state index in [4.69, 9.17) is 0 Å². The standard InChI is InChI=1S/C13H23N3S/c1-9(2)8-17-13-12(7-14-11-5-6-11)10(3)15-16(13)4/h9,11,14H,5-8H2,1-4H3. The molecular weight excluding hydrogens is 230 g/mol. The second-order valence-corrected chi connectivity index (χ2v) is 6.36. The Labute approximate surface area is 108 Å². The highest BCUT2D eigenvalue weighted by atomic mass is 32.2. The summed E-state index contributed by atoms with van der Waals surface area (Å²) in [6, 6.07) is 0.762. The summed E-state index contributed by atoms with van der Waals surface area (Å²) < 4.78 is 2.03. The summed E-state index contributed by atoms with van der Waals surface area (Å²) in [6.45, 7) is 7.62. The van der Waals surface area contributed by atoms with Crippen molar-refractivity contribution in [3.63, 3.8) is 0 Å². The number of thioether (sulfide) groups is 1. The molecule has 0 amide bonds. The van der Waals surface area contributed by atoms with E-state index in [0.717, 1.165) is 24.3 Å². The van der Waals surface area contributed by atoms with Crippen LogP contribution in [-0.2, 0) is 13.6 Å². The van der Waals surface area contributed by atoms with Crippen LogP contribution >= 0.6 is 11.8 Å². The Morgan fingerprint density at radius 2 is 2.18 bits per heavy atom. The van der Waals surface area contributed by atoms with Crippen LogP contribution in [0.15, 0.2) is 5.03 Å². The molecule has 1 aliphatic rings. The molecule has 1 aromatic heterocycles. The van der Waals surface area contributed by atoms with Crippen molar-refractivity contribution in [3.05, 3.63) is 11.3 Å². The molecule has 0 aromatic carbocycles. The first-order valence-corrected chi connectivity index (χ1v) is 7.45. The molecule has 4 heteroatoms. The lowest BCUT2D eigenvalue weighted by atomic mass is 10.2. The average Bonchev–Trinajstić information content (AvgIpc) is 3.01. The zero-order valence-corrected chi connectivity index (χ0v) is 12.1. The molecule has 96 valence electrons. The van der Waals surface area contributed by atoms with Crippen molar-refractivity contribution in [3.8, 4) is 0 Å². The van der Waals surface area contributed by atoms with Gasteiger partial charge in [0.15, 0.2) is 0 Å². The van der Waals surface area contributed by atoms with Gasteiger partial charge in [-0.15, -0.1) is 11.8 Å². The SMILES string of the molecule is Cc1nn(C)c(SCC(C)C)c1CNC1CC1. The Morgan fingerprint density at radius 1 is 1.47 bits per heavy atom. The molecule has 1 saturated carbocycles. The van der Waals surface area contributed by atoms with E-state index >= 15 is 0 Å². The highest BCUT2D eigenvalue weighted by Gasteiger charge is 2.22. The van der Waals surface area contributed by atoms with Gasteiger partial charge in [-0.2, -0.15) is 5.10 Å². The number of hydrogen-bond donors (Lipinski definition) is 1. The number of nitrogens with zero attached hydrogens (tertiary/aromatic N) is 2. The van der Waals surface area contributed by atoms with Crippen molar-refractivity contribution in [1.82, 2.24) is 15.1 Å². The van der Waals surface area contributed by atoms with Crippen molar-refractivity contribution in [2.75, 3.05) is 5.75 Å². The van der Waals surface area contributed by atoms with E-state index in [1.165, 1.54) is 29.1 Å². The lowest BCUT2D eigenvalue weighted by Crippen LogP contribution is -2.16. The van der Waals surface area contributed by atoms with Gasteiger partial charge in [0, 0.05) is 31.0 Å². The summed E-state index contributed by atoms with van der Waals surface area (Å²) in [5.41, 5.74) is 2.57. The second-order valence-electron chi connectivity index (χ2n) is 5.35. The quantitative estimate of drug-likeness (QED) is 0.791. The summed E-state index contributed by atoms with van der Waals surface area (Å²) in [6.07, 6.45) is 2.68. The molecule has 1 N–H and O–H groups in total. The monoisotopic (exact) mass is 253 g/mol. The molecule has 0 spiro atoms. The predicted octanol–water partition coefficient (Wildman–Crippen LogP) is 2.73. The van der Waals surface area contributed by atoms with Crippen LogP contribution in [0.3, 0.4) is 0 Å². The molecular formula is C13H23N3S. The van der Waals surface area contributed by atoms with Crippen molar-refractivity contribution < 1.29 is 0 Å². The first-order valence-electron chi connectivity index (χ1n) is 6.46. The third kappa shape index (κ3) is 3.49. The highest BCUT2D eigenvalue weighted by Crippen LogP contribution is 2.27. The summed E-state index contributed by atoms with van der Waals surface area (Å²) in [5.74, 6) is 1.88. The van der Waals surface area contributed by atoms with E-state index in [2.05, 4.69) is 38.2 Å². The van der Waals surface area contributed by atoms with E-state index < -0.39 is 0 Å². The Kier molecular flexibility index (Phi) is 4.15. The Balaban J connectivity index is 2.04. The van der Waals surface area contributed by atoms with E-state index in [-0.39, 0.29) is 0 Å². The zero-order chi connectivity index (χ0) is 12.4. The molecule has 0 aliphatic heterocycles. The third-order valence-electron chi connectivity index (χ3n) is 2.99. The summed E-state index contributed by atoms with van der Waals surface area (Å²) in [4.78, 5) is 0. The predicted molar refractivity (Wildman–Crippen MR) is 73.4 cm³/mol. The van der Waals surface area contributed by atoms with Gasteiger partial charge < -0.3 is 5.32 Å². The molecule has 1 heterocycles. The van der Waals surface area contributed by atoms with Crippen molar-refractivity contribution >= 4 is 11.8 Å². The topological polar surface area (TPSA) is 29.9 Å². The number of rotatable bonds is 6. The smallest absolute Gasteiger partial charge is 0.0984 e. The van der Waals surface area contributed by atoms with Gasteiger partial charge in [-0.25, -0.2) is 0 Å². The summed E-state index contributed by atoms with van der Waals surface area (Å²) in [7, 11) is 2.05. The van der Waals surface area contributed by atoms with E-state index in [0.29, 0.717) is 0 Å². The minimum atomic E-state index is 0.722. The van der Waals surface area contributed by atoms with Gasteiger partial charge in [-0.3, -0.25) is 4.68 Å². The summed E-state index contributed by atoms with van der Waals surface area (Å²) >= 11 is 1.94. The molecule has 0 unspecified atom stereocenters. The first kappa shape index (κ1) is 13.0. The van der Waals surface area contributed by atoms with Crippen LogP contribution in [0.2, 0.25) is 0 Å². The van der Waals surface area contributed by atoms with Gasteiger partial charge in [0.05, 0.1) is 10.7 Å². The maximum Gasteiger partial charge on any atom is 0.0984 e. The van der Waals surface area contributed by atoms with Crippen LogP contribution in [-0.4, -0.2) is 21.6 Å². The highest BCUT2D eigenvalue weighted by molar-refractivity contribution is 7.99. The molecule has 0 atom stereocenters. The largest absolute Gasteiger partial charge is 0.310 e. The Hall–Kier alpha value is -0.480. The minimum Gasteiger partial charge on any atom is -0.310 e. The van der Waals surface area contributed by atoms with Crippen LogP contribution in [0, 0.1) is 12.8 Å². The van der Waals surface area contributed by atoms with Crippen LogP contribution in [0.1, 0.15) is 37.9 Å². The van der Waals surface area contributed by atoms with E-state index in [1.54, 1.807) is 0 Å². The fourth-order valence-electron chi connectivity index (χ4n) is 1.84. The normalized spacial score (nSPS) is 15.8. The lowest BCUT2D eigenvalue weighted by molar-refractivity contribution is 0.656. The molecule has 2 rings (SSSR count). The lowest BCUT2D eigenvalue weighted by Gasteiger charge is -2.08. The fourth-order valence-corrected chi connectivity index (χ4v) is 2.96. The van der Waals surface area contributed by atoms with Crippen LogP contribution in [0.5, 0.6) is 0 Å². The first-order chi connectivity index (χ1) is 8.08. The maximum absolute atomic E-state index is 4.54. The zero-order valence-electron chi connectivity index (χ0n) is 11.3. The van der Waals surface area contributed by atoms with Crippen molar-refractivity contribution in [1.29, 1.82) is 0 Å². The molecule has 3 nitrogen and oxygen atoms in total. The van der Waals surface area contributed by atoms with Crippen LogP contribution in [0.4, 0.5) is 0 Å². The third-order valence-corrected chi connectivity index (χ3v) is 4.60. The maximum atomic E-state index is 4.54. The van der Waals surface area contributed by atoms with Gasteiger partial charge in [0.1, 0.15) is 0 Å². The Morgan fingerprint density at radius 3 is 2.76 bits per heavy atom. The number of nitrogens with one attached hydrogen (secondary N) is 1. The van der Waals surface area contributed by atoms with E-state index in [1.807, 2.05) is 16.4 Å². The van der Waals surface area contributed by atoms with Gasteiger partial charge in [-0.05, 0) is 25.7 Å². The van der Waals surface area contributed by atoms with Gasteiger partial charge >= 0.3 is 0 Å².